The van der Waals surface area contributed by atoms with E-state index in [0.717, 1.165) is 5.56 Å². The van der Waals surface area contributed by atoms with Crippen molar-refractivity contribution in [1.82, 2.24) is 10.6 Å². The fourth-order valence-corrected chi connectivity index (χ4v) is 2.88. The number of aryl methyl sites for hydroxylation is 1. The molecule has 2 amide bonds. The molecule has 7 nitrogen and oxygen atoms in total. The topological polar surface area (TPSA) is 85.9 Å². The third kappa shape index (κ3) is 5.40. The van der Waals surface area contributed by atoms with Gasteiger partial charge in [0.25, 0.3) is 5.91 Å². The molecule has 1 unspecified atom stereocenters. The van der Waals surface area contributed by atoms with Gasteiger partial charge >= 0.3 is 0 Å². The van der Waals surface area contributed by atoms with E-state index in [2.05, 4.69) is 10.6 Å². The third-order valence-corrected chi connectivity index (χ3v) is 4.56. The van der Waals surface area contributed by atoms with Crippen LogP contribution < -0.4 is 24.8 Å². The number of rotatable bonds is 8. The SMILES string of the molecule is Cc1ccc(C(=O)NC(C(=O)NCCOc2ccc3c(c2)OCO3)C(C)C)cc1. The summed E-state index contributed by atoms with van der Waals surface area (Å²) >= 11 is 0. The van der Waals surface area contributed by atoms with Gasteiger partial charge in [-0.05, 0) is 37.1 Å². The van der Waals surface area contributed by atoms with Crippen molar-refractivity contribution in [2.45, 2.75) is 26.8 Å². The lowest BCUT2D eigenvalue weighted by molar-refractivity contribution is -0.124. The first-order chi connectivity index (χ1) is 13.9. The first kappa shape index (κ1) is 20.5. The van der Waals surface area contributed by atoms with Crippen molar-refractivity contribution < 1.29 is 23.8 Å². The Hall–Kier alpha value is -3.22. The van der Waals surface area contributed by atoms with Gasteiger partial charge in [0, 0.05) is 11.6 Å². The van der Waals surface area contributed by atoms with Gasteiger partial charge in [0.1, 0.15) is 18.4 Å². The number of ether oxygens (including phenoxy) is 3. The summed E-state index contributed by atoms with van der Waals surface area (Å²) in [5.41, 5.74) is 1.60. The maximum Gasteiger partial charge on any atom is 0.251 e. The van der Waals surface area contributed by atoms with E-state index in [1.54, 1.807) is 30.3 Å². The lowest BCUT2D eigenvalue weighted by Crippen LogP contribution is -2.50. The summed E-state index contributed by atoms with van der Waals surface area (Å²) in [5, 5.41) is 5.63. The minimum Gasteiger partial charge on any atom is -0.492 e. The third-order valence-electron chi connectivity index (χ3n) is 4.56. The zero-order chi connectivity index (χ0) is 20.8. The van der Waals surface area contributed by atoms with E-state index >= 15 is 0 Å². The summed E-state index contributed by atoms with van der Waals surface area (Å²) in [4.78, 5) is 25.0. The quantitative estimate of drug-likeness (QED) is 0.668. The second-order valence-corrected chi connectivity index (χ2v) is 7.22. The molecule has 0 fully saturated rings. The molecule has 1 atom stereocenters. The average Bonchev–Trinajstić information content (AvgIpc) is 3.17. The summed E-state index contributed by atoms with van der Waals surface area (Å²) in [6.07, 6.45) is 0. The zero-order valence-corrected chi connectivity index (χ0v) is 16.9. The molecule has 29 heavy (non-hydrogen) atoms. The van der Waals surface area contributed by atoms with Crippen molar-refractivity contribution in [3.05, 3.63) is 53.6 Å². The smallest absolute Gasteiger partial charge is 0.251 e. The molecule has 0 spiro atoms. The van der Waals surface area contributed by atoms with E-state index in [1.807, 2.05) is 32.9 Å². The molecule has 0 saturated carbocycles. The number of fused-ring (bicyclic) bond motifs is 1. The number of carbonyl (C=O) groups is 2. The molecular weight excluding hydrogens is 372 g/mol. The number of hydrogen-bond donors (Lipinski definition) is 2. The minimum absolute atomic E-state index is 0.0563. The highest BCUT2D eigenvalue weighted by atomic mass is 16.7. The molecule has 1 aliphatic rings. The van der Waals surface area contributed by atoms with Crippen LogP contribution in [0.15, 0.2) is 42.5 Å². The molecule has 0 aliphatic carbocycles. The molecule has 154 valence electrons. The van der Waals surface area contributed by atoms with Crippen molar-refractivity contribution in [3.63, 3.8) is 0 Å². The summed E-state index contributed by atoms with van der Waals surface area (Å²) < 4.78 is 16.2. The van der Waals surface area contributed by atoms with Gasteiger partial charge in [-0.25, -0.2) is 0 Å². The van der Waals surface area contributed by atoms with Gasteiger partial charge in [-0.3, -0.25) is 9.59 Å². The van der Waals surface area contributed by atoms with Crippen molar-refractivity contribution in [2.75, 3.05) is 19.9 Å². The van der Waals surface area contributed by atoms with Gasteiger partial charge in [-0.1, -0.05) is 31.5 Å². The van der Waals surface area contributed by atoms with Gasteiger partial charge in [-0.15, -0.1) is 0 Å². The Kier molecular flexibility index (Phi) is 6.59. The summed E-state index contributed by atoms with van der Waals surface area (Å²) in [7, 11) is 0. The maximum absolute atomic E-state index is 12.6. The minimum atomic E-state index is -0.630. The van der Waals surface area contributed by atoms with E-state index in [4.69, 9.17) is 14.2 Å². The molecule has 0 bridgehead atoms. The van der Waals surface area contributed by atoms with Crippen LogP contribution in [0.2, 0.25) is 0 Å². The van der Waals surface area contributed by atoms with Crippen LogP contribution in [0.1, 0.15) is 29.8 Å². The van der Waals surface area contributed by atoms with Gasteiger partial charge in [0.15, 0.2) is 11.5 Å². The van der Waals surface area contributed by atoms with Crippen LogP contribution in [0.3, 0.4) is 0 Å². The number of hydrogen-bond acceptors (Lipinski definition) is 5. The molecule has 0 saturated heterocycles. The fraction of sp³-hybridized carbons (Fsp3) is 0.364. The Labute approximate surface area is 170 Å². The molecular formula is C22H26N2O5. The Bertz CT molecular complexity index is 864. The van der Waals surface area contributed by atoms with Crippen molar-refractivity contribution in [2.24, 2.45) is 5.92 Å². The summed E-state index contributed by atoms with van der Waals surface area (Å²) in [6, 6.07) is 11.9. The highest BCUT2D eigenvalue weighted by molar-refractivity contribution is 5.97. The summed E-state index contributed by atoms with van der Waals surface area (Å²) in [6.45, 7) is 6.56. The van der Waals surface area contributed by atoms with Gasteiger partial charge in [-0.2, -0.15) is 0 Å². The summed E-state index contributed by atoms with van der Waals surface area (Å²) in [5.74, 6) is 1.40. The molecule has 2 aromatic carbocycles. The average molecular weight is 398 g/mol. The molecule has 1 heterocycles. The first-order valence-electron chi connectivity index (χ1n) is 9.61. The standard InChI is InChI=1S/C22H26N2O5/c1-14(2)20(24-21(25)16-6-4-15(3)5-7-16)22(26)23-10-11-27-17-8-9-18-19(12-17)29-13-28-18/h4-9,12,14,20H,10-11,13H2,1-3H3,(H,23,26)(H,24,25). The van der Waals surface area contributed by atoms with Gasteiger partial charge < -0.3 is 24.8 Å². The van der Waals surface area contributed by atoms with Crippen LogP contribution in [-0.2, 0) is 4.79 Å². The van der Waals surface area contributed by atoms with E-state index < -0.39 is 6.04 Å². The Balaban J connectivity index is 1.48. The molecule has 3 rings (SSSR count). The second kappa shape index (κ2) is 9.32. The van der Waals surface area contributed by atoms with E-state index in [-0.39, 0.29) is 24.5 Å². The van der Waals surface area contributed by atoms with E-state index in [0.29, 0.717) is 36.0 Å². The Morgan fingerprint density at radius 3 is 2.52 bits per heavy atom. The molecule has 1 aliphatic heterocycles. The Morgan fingerprint density at radius 1 is 1.07 bits per heavy atom. The maximum atomic E-state index is 12.6. The normalized spacial score (nSPS) is 13.1. The Morgan fingerprint density at radius 2 is 1.79 bits per heavy atom. The number of carbonyl (C=O) groups excluding carboxylic acids is 2. The second-order valence-electron chi connectivity index (χ2n) is 7.22. The fourth-order valence-electron chi connectivity index (χ4n) is 2.88. The molecule has 2 N–H and O–H groups in total. The van der Waals surface area contributed by atoms with Crippen molar-refractivity contribution in [3.8, 4) is 17.2 Å². The van der Waals surface area contributed by atoms with Crippen LogP contribution in [0.25, 0.3) is 0 Å². The van der Waals surface area contributed by atoms with Crippen LogP contribution in [-0.4, -0.2) is 37.8 Å². The molecule has 0 radical (unpaired) electrons. The number of nitrogens with one attached hydrogen (secondary N) is 2. The van der Waals surface area contributed by atoms with E-state index in [1.165, 1.54) is 0 Å². The predicted molar refractivity (Wildman–Crippen MR) is 108 cm³/mol. The lowest BCUT2D eigenvalue weighted by Gasteiger charge is -2.22. The van der Waals surface area contributed by atoms with Gasteiger partial charge in [0.05, 0.1) is 6.54 Å². The number of amides is 2. The number of benzene rings is 2. The zero-order valence-electron chi connectivity index (χ0n) is 16.9. The lowest BCUT2D eigenvalue weighted by atomic mass is 10.0. The highest BCUT2D eigenvalue weighted by Gasteiger charge is 2.24. The molecule has 2 aromatic rings. The van der Waals surface area contributed by atoms with Crippen LogP contribution >= 0.6 is 0 Å². The van der Waals surface area contributed by atoms with Crippen LogP contribution in [0.5, 0.6) is 17.2 Å². The molecule has 7 heteroatoms. The van der Waals surface area contributed by atoms with Crippen LogP contribution in [0.4, 0.5) is 0 Å². The van der Waals surface area contributed by atoms with Crippen LogP contribution in [0, 0.1) is 12.8 Å². The van der Waals surface area contributed by atoms with Crippen molar-refractivity contribution in [1.29, 1.82) is 0 Å². The van der Waals surface area contributed by atoms with Crippen molar-refractivity contribution >= 4 is 11.8 Å². The predicted octanol–water partition coefficient (Wildman–Crippen LogP) is 2.67. The largest absolute Gasteiger partial charge is 0.492 e. The monoisotopic (exact) mass is 398 g/mol. The van der Waals surface area contributed by atoms with Gasteiger partial charge in [0.2, 0.25) is 12.7 Å². The highest BCUT2D eigenvalue weighted by Crippen LogP contribution is 2.34. The molecule has 0 aromatic heterocycles. The van der Waals surface area contributed by atoms with E-state index in [9.17, 15) is 9.59 Å². The first-order valence-corrected chi connectivity index (χ1v) is 9.61.